The fourth-order valence-electron chi connectivity index (χ4n) is 1.77. The number of carboxylic acid groups (broad SMARTS) is 1. The van der Waals surface area contributed by atoms with E-state index in [0.717, 1.165) is 0 Å². The van der Waals surface area contributed by atoms with E-state index in [4.69, 9.17) is 9.84 Å². The van der Waals surface area contributed by atoms with Crippen LogP contribution in [0.5, 0.6) is 0 Å². The summed E-state index contributed by atoms with van der Waals surface area (Å²) in [5, 5.41) is 8.89. The molecule has 15 heavy (non-hydrogen) atoms. The molecular formula is C10H17NO4. The maximum absolute atomic E-state index is 11.5. The first kappa shape index (κ1) is 12.0. The molecule has 0 aromatic heterocycles. The monoisotopic (exact) mass is 215 g/mol. The highest BCUT2D eigenvalue weighted by Crippen LogP contribution is 2.22. The van der Waals surface area contributed by atoms with Gasteiger partial charge in [-0.1, -0.05) is 6.92 Å². The molecule has 0 bridgehead atoms. The maximum Gasteiger partial charge on any atom is 0.308 e. The lowest BCUT2D eigenvalue weighted by Crippen LogP contribution is -2.33. The summed E-state index contributed by atoms with van der Waals surface area (Å²) in [6, 6.07) is 0. The first-order valence-electron chi connectivity index (χ1n) is 5.14. The van der Waals surface area contributed by atoms with Crippen LogP contribution in [0.4, 0.5) is 0 Å². The third-order valence-corrected chi connectivity index (χ3v) is 2.71. The molecule has 1 aliphatic rings. The number of carbonyl (C=O) groups is 2. The predicted octanol–water partition coefficient (Wildman–Crippen LogP) is 0.202. The van der Waals surface area contributed by atoms with E-state index in [0.29, 0.717) is 19.7 Å². The average molecular weight is 215 g/mol. The minimum atomic E-state index is -0.825. The number of rotatable bonds is 4. The number of hydrogen-bond donors (Lipinski definition) is 1. The van der Waals surface area contributed by atoms with Crippen LogP contribution < -0.4 is 0 Å². The summed E-state index contributed by atoms with van der Waals surface area (Å²) in [6.45, 7) is 5.05. The van der Waals surface area contributed by atoms with Crippen LogP contribution in [0.15, 0.2) is 0 Å². The van der Waals surface area contributed by atoms with Crippen LogP contribution >= 0.6 is 0 Å². The number of ether oxygens (including phenoxy) is 1. The molecule has 1 saturated heterocycles. The number of carbonyl (C=O) groups excluding carboxylic acids is 1. The van der Waals surface area contributed by atoms with Crippen molar-refractivity contribution in [2.45, 2.75) is 13.8 Å². The fourth-order valence-corrected chi connectivity index (χ4v) is 1.77. The molecule has 1 aliphatic heterocycles. The molecule has 1 heterocycles. The van der Waals surface area contributed by atoms with Crippen molar-refractivity contribution in [2.24, 2.45) is 11.8 Å². The molecule has 1 N–H and O–H groups in total. The Labute approximate surface area is 89.0 Å². The molecule has 0 aromatic rings. The third-order valence-electron chi connectivity index (χ3n) is 2.71. The molecule has 0 aromatic carbocycles. The molecule has 2 unspecified atom stereocenters. The van der Waals surface area contributed by atoms with E-state index < -0.39 is 11.9 Å². The van der Waals surface area contributed by atoms with E-state index in [1.807, 2.05) is 13.8 Å². The summed E-state index contributed by atoms with van der Waals surface area (Å²) in [6.07, 6.45) is 0. The molecule has 0 saturated carbocycles. The van der Waals surface area contributed by atoms with Gasteiger partial charge in [0, 0.05) is 19.7 Å². The Balaban J connectivity index is 2.47. The van der Waals surface area contributed by atoms with Gasteiger partial charge in [0.15, 0.2) is 0 Å². The van der Waals surface area contributed by atoms with Crippen LogP contribution in [-0.4, -0.2) is 48.2 Å². The van der Waals surface area contributed by atoms with Crippen LogP contribution in [0.25, 0.3) is 0 Å². The lowest BCUT2D eigenvalue weighted by molar-refractivity contribution is -0.142. The van der Waals surface area contributed by atoms with Crippen LogP contribution in [0.3, 0.4) is 0 Å². The van der Waals surface area contributed by atoms with Crippen LogP contribution in [-0.2, 0) is 14.3 Å². The molecule has 0 radical (unpaired) electrons. The van der Waals surface area contributed by atoms with Crippen LogP contribution in [0.1, 0.15) is 13.8 Å². The Morgan fingerprint density at radius 3 is 2.60 bits per heavy atom. The van der Waals surface area contributed by atoms with Gasteiger partial charge < -0.3 is 14.7 Å². The van der Waals surface area contributed by atoms with Gasteiger partial charge in [-0.05, 0) is 12.8 Å². The predicted molar refractivity (Wildman–Crippen MR) is 53.4 cm³/mol. The van der Waals surface area contributed by atoms with Crippen molar-refractivity contribution in [1.82, 2.24) is 4.90 Å². The van der Waals surface area contributed by atoms with Gasteiger partial charge in [0.1, 0.15) is 6.61 Å². The maximum atomic E-state index is 11.5. The van der Waals surface area contributed by atoms with Gasteiger partial charge in [0.25, 0.3) is 0 Å². The second-order valence-electron chi connectivity index (χ2n) is 3.86. The zero-order chi connectivity index (χ0) is 11.4. The third kappa shape index (κ3) is 2.92. The summed E-state index contributed by atoms with van der Waals surface area (Å²) in [4.78, 5) is 23.9. The first-order valence-corrected chi connectivity index (χ1v) is 5.14. The molecule has 1 rings (SSSR count). The van der Waals surface area contributed by atoms with E-state index in [-0.39, 0.29) is 18.4 Å². The summed E-state index contributed by atoms with van der Waals surface area (Å²) >= 11 is 0. The Hall–Kier alpha value is -1.10. The SMILES string of the molecule is CCOCC(=O)N1CC(C)C(C(=O)O)C1. The summed E-state index contributed by atoms with van der Waals surface area (Å²) in [5.41, 5.74) is 0. The average Bonchev–Trinajstić information content (AvgIpc) is 2.56. The minimum absolute atomic E-state index is 0.0214. The van der Waals surface area contributed by atoms with E-state index in [1.54, 1.807) is 4.90 Å². The first-order chi connectivity index (χ1) is 7.06. The van der Waals surface area contributed by atoms with E-state index in [1.165, 1.54) is 0 Å². The Kier molecular flexibility index (Phi) is 4.08. The normalized spacial score (nSPS) is 25.6. The Morgan fingerprint density at radius 1 is 1.47 bits per heavy atom. The molecule has 1 fully saturated rings. The molecular weight excluding hydrogens is 198 g/mol. The molecule has 0 aliphatic carbocycles. The number of aliphatic carboxylic acids is 1. The van der Waals surface area contributed by atoms with Gasteiger partial charge in [-0.15, -0.1) is 0 Å². The number of carboxylic acids is 1. The topological polar surface area (TPSA) is 66.8 Å². The molecule has 0 spiro atoms. The van der Waals surface area contributed by atoms with Gasteiger partial charge in [-0.25, -0.2) is 0 Å². The minimum Gasteiger partial charge on any atom is -0.481 e. The van der Waals surface area contributed by atoms with E-state index in [2.05, 4.69) is 0 Å². The Bertz CT molecular complexity index is 254. The van der Waals surface area contributed by atoms with Gasteiger partial charge >= 0.3 is 5.97 Å². The van der Waals surface area contributed by atoms with Gasteiger partial charge in [0.05, 0.1) is 5.92 Å². The summed E-state index contributed by atoms with van der Waals surface area (Å²) < 4.78 is 5.00. The van der Waals surface area contributed by atoms with Crippen molar-refractivity contribution < 1.29 is 19.4 Å². The second-order valence-corrected chi connectivity index (χ2v) is 3.86. The molecule has 2 atom stereocenters. The zero-order valence-electron chi connectivity index (χ0n) is 9.10. The highest BCUT2D eigenvalue weighted by atomic mass is 16.5. The van der Waals surface area contributed by atoms with Crippen molar-refractivity contribution in [3.05, 3.63) is 0 Å². The highest BCUT2D eigenvalue weighted by molar-refractivity contribution is 5.79. The second kappa shape index (κ2) is 5.11. The summed E-state index contributed by atoms with van der Waals surface area (Å²) in [7, 11) is 0. The molecule has 86 valence electrons. The number of likely N-dealkylation sites (tertiary alicyclic amines) is 1. The highest BCUT2D eigenvalue weighted by Gasteiger charge is 2.36. The lowest BCUT2D eigenvalue weighted by Gasteiger charge is -2.15. The standard InChI is InChI=1S/C10H17NO4/c1-3-15-6-9(12)11-4-7(2)8(5-11)10(13)14/h7-8H,3-6H2,1-2H3,(H,13,14). The molecule has 1 amide bonds. The van der Waals surface area contributed by atoms with E-state index in [9.17, 15) is 9.59 Å². The molecule has 5 heteroatoms. The molecule has 5 nitrogen and oxygen atoms in total. The fraction of sp³-hybridized carbons (Fsp3) is 0.800. The van der Waals surface area contributed by atoms with Crippen molar-refractivity contribution >= 4 is 11.9 Å². The summed E-state index contributed by atoms with van der Waals surface area (Å²) in [5.74, 6) is -1.36. The number of nitrogens with zero attached hydrogens (tertiary/aromatic N) is 1. The van der Waals surface area contributed by atoms with Crippen molar-refractivity contribution in [3.63, 3.8) is 0 Å². The van der Waals surface area contributed by atoms with E-state index >= 15 is 0 Å². The van der Waals surface area contributed by atoms with Crippen LogP contribution in [0.2, 0.25) is 0 Å². The number of hydrogen-bond acceptors (Lipinski definition) is 3. The Morgan fingerprint density at radius 2 is 2.13 bits per heavy atom. The van der Waals surface area contributed by atoms with Gasteiger partial charge in [-0.3, -0.25) is 9.59 Å². The van der Waals surface area contributed by atoms with Crippen molar-refractivity contribution in [3.8, 4) is 0 Å². The van der Waals surface area contributed by atoms with Crippen molar-refractivity contribution in [1.29, 1.82) is 0 Å². The van der Waals surface area contributed by atoms with Gasteiger partial charge in [0.2, 0.25) is 5.91 Å². The van der Waals surface area contributed by atoms with Crippen LogP contribution in [0, 0.1) is 11.8 Å². The lowest BCUT2D eigenvalue weighted by atomic mass is 9.99. The van der Waals surface area contributed by atoms with Gasteiger partial charge in [-0.2, -0.15) is 0 Å². The quantitative estimate of drug-likeness (QED) is 0.727. The largest absolute Gasteiger partial charge is 0.481 e. The zero-order valence-corrected chi connectivity index (χ0v) is 9.10. The number of amides is 1. The smallest absolute Gasteiger partial charge is 0.308 e. The van der Waals surface area contributed by atoms with Crippen molar-refractivity contribution in [2.75, 3.05) is 26.3 Å².